The Balaban J connectivity index is 0.000000480. The molecule has 1 heterocycles. The molecule has 0 saturated carbocycles. The molecule has 1 aromatic heterocycles. The van der Waals surface area contributed by atoms with Crippen LogP contribution in [-0.2, 0) is 9.59 Å². The van der Waals surface area contributed by atoms with Crippen molar-refractivity contribution in [2.75, 3.05) is 6.54 Å². The van der Waals surface area contributed by atoms with E-state index in [0.717, 1.165) is 6.08 Å². The lowest BCUT2D eigenvalue weighted by Gasteiger charge is -2.03. The molecule has 0 saturated heterocycles. The number of nitro groups is 1. The molecule has 0 amide bonds. The summed E-state index contributed by atoms with van der Waals surface area (Å²) in [6.07, 6.45) is 4.62. The third kappa shape index (κ3) is 8.92. The number of hydrogen-bond acceptors (Lipinski definition) is 7. The lowest BCUT2D eigenvalue weighted by molar-refractivity contribution is -0.387. The first-order valence-corrected chi connectivity index (χ1v) is 8.85. The molecule has 0 unspecified atom stereocenters. The minimum atomic E-state index is -1.11. The summed E-state index contributed by atoms with van der Waals surface area (Å²) in [5, 5.41) is 28.3. The minimum absolute atomic E-state index is 0.0850. The molecule has 1 aromatic carbocycles. The number of nitro benzene ring substituents is 1. The fourth-order valence-corrected chi connectivity index (χ4v) is 2.67. The summed E-state index contributed by atoms with van der Waals surface area (Å²) in [5.41, 5.74) is 5.38. The van der Waals surface area contributed by atoms with Gasteiger partial charge in [-0.1, -0.05) is 23.9 Å². The summed E-state index contributed by atoms with van der Waals surface area (Å²) >= 11 is 1.18. The molecule has 0 aliphatic carbocycles. The zero-order valence-electron chi connectivity index (χ0n) is 14.7. The van der Waals surface area contributed by atoms with Gasteiger partial charge in [-0.3, -0.25) is 14.9 Å². The average Bonchev–Trinajstić information content (AvgIpc) is 2.66. The Morgan fingerprint density at radius 3 is 2.50 bits per heavy atom. The van der Waals surface area contributed by atoms with Crippen molar-refractivity contribution in [2.45, 2.75) is 22.8 Å². The van der Waals surface area contributed by atoms with Gasteiger partial charge in [0.1, 0.15) is 5.03 Å². The van der Waals surface area contributed by atoms with E-state index in [4.69, 9.17) is 15.9 Å². The third-order valence-electron chi connectivity index (χ3n) is 3.05. The molecular formula is C18H19N3O6S. The van der Waals surface area contributed by atoms with E-state index in [0.29, 0.717) is 28.5 Å². The first-order chi connectivity index (χ1) is 13.3. The number of rotatable bonds is 8. The van der Waals surface area contributed by atoms with Crippen LogP contribution in [0, 0.1) is 10.1 Å². The molecule has 0 radical (unpaired) electrons. The van der Waals surface area contributed by atoms with Gasteiger partial charge in [0.25, 0.3) is 5.69 Å². The standard InChI is InChI=1S/C14H10N2O4S.C4H9NO2/c17-14(18)7-5-10-4-6-12(11(9-10)16(19)20)21-13-3-1-2-8-15-13;5-3-1-2-4(6)7/h1-9H,(H,17,18);1-3,5H2,(H,6,7). The largest absolute Gasteiger partial charge is 0.481 e. The number of benzene rings is 1. The van der Waals surface area contributed by atoms with Crippen LogP contribution in [0.2, 0.25) is 0 Å². The lowest BCUT2D eigenvalue weighted by Crippen LogP contribution is -2.02. The second-order valence-electron chi connectivity index (χ2n) is 5.21. The predicted molar refractivity (Wildman–Crippen MR) is 104 cm³/mol. The first-order valence-electron chi connectivity index (χ1n) is 8.03. The lowest BCUT2D eigenvalue weighted by atomic mass is 10.2. The van der Waals surface area contributed by atoms with Crippen LogP contribution < -0.4 is 5.73 Å². The molecule has 0 spiro atoms. The van der Waals surface area contributed by atoms with Gasteiger partial charge in [0.05, 0.1) is 9.82 Å². The Morgan fingerprint density at radius 2 is 2.00 bits per heavy atom. The molecule has 0 fully saturated rings. The summed E-state index contributed by atoms with van der Waals surface area (Å²) in [5.74, 6) is -1.88. The van der Waals surface area contributed by atoms with Crippen molar-refractivity contribution < 1.29 is 24.7 Å². The van der Waals surface area contributed by atoms with Crippen molar-refractivity contribution in [3.63, 3.8) is 0 Å². The molecule has 2 rings (SSSR count). The van der Waals surface area contributed by atoms with Crippen molar-refractivity contribution in [1.29, 1.82) is 0 Å². The maximum atomic E-state index is 11.1. The van der Waals surface area contributed by atoms with Crippen LogP contribution >= 0.6 is 11.8 Å². The summed E-state index contributed by atoms with van der Waals surface area (Å²) in [4.78, 5) is 35.4. The SMILES string of the molecule is NCCCC(=O)O.O=C(O)C=Cc1ccc(Sc2ccccn2)c([N+](=O)[O-])c1. The number of nitrogens with two attached hydrogens (primary N) is 1. The van der Waals surface area contributed by atoms with Gasteiger partial charge in [-0.05, 0) is 42.8 Å². The zero-order chi connectivity index (χ0) is 20.9. The van der Waals surface area contributed by atoms with Crippen LogP contribution in [0.25, 0.3) is 6.08 Å². The topological polar surface area (TPSA) is 157 Å². The van der Waals surface area contributed by atoms with E-state index < -0.39 is 16.9 Å². The van der Waals surface area contributed by atoms with E-state index in [-0.39, 0.29) is 12.1 Å². The summed E-state index contributed by atoms with van der Waals surface area (Å²) in [7, 11) is 0. The minimum Gasteiger partial charge on any atom is -0.481 e. The monoisotopic (exact) mass is 405 g/mol. The van der Waals surface area contributed by atoms with E-state index in [2.05, 4.69) is 4.98 Å². The highest BCUT2D eigenvalue weighted by Gasteiger charge is 2.15. The molecule has 0 aliphatic rings. The Labute approximate surface area is 165 Å². The normalized spacial score (nSPS) is 10.2. The number of hydrogen-bond donors (Lipinski definition) is 3. The van der Waals surface area contributed by atoms with Crippen LogP contribution in [0.3, 0.4) is 0 Å². The van der Waals surface area contributed by atoms with E-state index in [1.54, 1.807) is 36.5 Å². The molecule has 148 valence electrons. The number of pyridine rings is 1. The van der Waals surface area contributed by atoms with Gasteiger partial charge >= 0.3 is 11.9 Å². The maximum absolute atomic E-state index is 11.1. The quantitative estimate of drug-likeness (QED) is 0.341. The molecular weight excluding hydrogens is 386 g/mol. The average molecular weight is 405 g/mol. The van der Waals surface area contributed by atoms with Crippen LogP contribution in [-0.4, -0.2) is 38.6 Å². The number of carboxylic acid groups (broad SMARTS) is 2. The first kappa shape index (κ1) is 22.8. The van der Waals surface area contributed by atoms with Crippen molar-refractivity contribution in [1.82, 2.24) is 4.98 Å². The third-order valence-corrected chi connectivity index (χ3v) is 4.06. The fraction of sp³-hybridized carbons (Fsp3) is 0.167. The second kappa shape index (κ2) is 12.2. The van der Waals surface area contributed by atoms with Crippen molar-refractivity contribution in [3.05, 3.63) is 64.3 Å². The highest BCUT2D eigenvalue weighted by Crippen LogP contribution is 2.34. The fourth-order valence-electron chi connectivity index (χ4n) is 1.81. The van der Waals surface area contributed by atoms with Gasteiger partial charge in [0, 0.05) is 24.8 Å². The van der Waals surface area contributed by atoms with Crippen molar-refractivity contribution in [2.24, 2.45) is 5.73 Å². The van der Waals surface area contributed by atoms with E-state index in [9.17, 15) is 19.7 Å². The molecule has 28 heavy (non-hydrogen) atoms. The molecule has 0 aliphatic heterocycles. The molecule has 10 heteroatoms. The van der Waals surface area contributed by atoms with E-state index in [1.807, 2.05) is 0 Å². The molecule has 0 atom stereocenters. The Hall–Kier alpha value is -3.24. The van der Waals surface area contributed by atoms with Crippen LogP contribution in [0.15, 0.2) is 58.6 Å². The van der Waals surface area contributed by atoms with Crippen molar-refractivity contribution >= 4 is 35.5 Å². The van der Waals surface area contributed by atoms with Crippen LogP contribution in [0.5, 0.6) is 0 Å². The number of nitrogens with zero attached hydrogens (tertiary/aromatic N) is 2. The van der Waals surface area contributed by atoms with Crippen LogP contribution in [0.1, 0.15) is 18.4 Å². The highest BCUT2D eigenvalue weighted by molar-refractivity contribution is 7.99. The smallest absolute Gasteiger partial charge is 0.328 e. The van der Waals surface area contributed by atoms with Gasteiger partial charge < -0.3 is 15.9 Å². The highest BCUT2D eigenvalue weighted by atomic mass is 32.2. The summed E-state index contributed by atoms with van der Waals surface area (Å²) < 4.78 is 0. The molecule has 2 aromatic rings. The second-order valence-corrected chi connectivity index (χ2v) is 6.27. The van der Waals surface area contributed by atoms with Crippen molar-refractivity contribution in [3.8, 4) is 0 Å². The zero-order valence-corrected chi connectivity index (χ0v) is 15.5. The Bertz CT molecular complexity index is 842. The van der Waals surface area contributed by atoms with Gasteiger partial charge in [-0.15, -0.1) is 0 Å². The number of carbonyl (C=O) groups is 2. The van der Waals surface area contributed by atoms with E-state index in [1.165, 1.54) is 23.9 Å². The van der Waals surface area contributed by atoms with E-state index >= 15 is 0 Å². The van der Waals surface area contributed by atoms with Gasteiger partial charge in [0.2, 0.25) is 0 Å². The molecule has 0 bridgehead atoms. The maximum Gasteiger partial charge on any atom is 0.328 e. The predicted octanol–water partition coefficient (Wildman–Crippen LogP) is 3.05. The van der Waals surface area contributed by atoms with Gasteiger partial charge in [0.15, 0.2) is 0 Å². The summed E-state index contributed by atoms with van der Waals surface area (Å²) in [6, 6.07) is 9.86. The molecule has 4 N–H and O–H groups in total. The summed E-state index contributed by atoms with van der Waals surface area (Å²) in [6.45, 7) is 0.465. The number of aromatic nitrogens is 1. The Kier molecular flexibility index (Phi) is 9.94. The number of carboxylic acids is 2. The Morgan fingerprint density at radius 1 is 1.25 bits per heavy atom. The van der Waals surface area contributed by atoms with Gasteiger partial charge in [-0.2, -0.15) is 0 Å². The number of aliphatic carboxylic acids is 2. The molecule has 9 nitrogen and oxygen atoms in total. The van der Waals surface area contributed by atoms with Crippen LogP contribution in [0.4, 0.5) is 5.69 Å². The van der Waals surface area contributed by atoms with Gasteiger partial charge in [-0.25, -0.2) is 9.78 Å².